The van der Waals surface area contributed by atoms with Crippen LogP contribution in [-0.2, 0) is 14.3 Å². The summed E-state index contributed by atoms with van der Waals surface area (Å²) in [5.41, 5.74) is 0. The van der Waals surface area contributed by atoms with E-state index in [1.165, 1.54) is 0 Å². The van der Waals surface area contributed by atoms with E-state index in [9.17, 15) is 13.5 Å². The normalized spacial score (nSPS) is 23.0. The second kappa shape index (κ2) is 6.16. The lowest BCUT2D eigenvalue weighted by molar-refractivity contribution is 0.153. The molecular weight excluding hydrogens is 328 g/mol. The molecule has 6 heteroatoms. The molecule has 0 bridgehead atoms. The van der Waals surface area contributed by atoms with Crippen molar-refractivity contribution < 1.29 is 18.0 Å². The molecule has 1 N–H and O–H groups in total. The Morgan fingerprint density at radius 1 is 1.17 bits per heavy atom. The van der Waals surface area contributed by atoms with Gasteiger partial charge in [-0.1, -0.05) is 39.0 Å². The highest BCUT2D eigenvalue weighted by atomic mass is 32.2. The first-order valence-electron chi connectivity index (χ1n) is 7.83. The van der Waals surface area contributed by atoms with Gasteiger partial charge in [0.15, 0.2) is 8.32 Å². The van der Waals surface area contributed by atoms with Gasteiger partial charge >= 0.3 is 0 Å². The maximum absolute atomic E-state index is 12.7. The van der Waals surface area contributed by atoms with Crippen molar-refractivity contribution in [3.63, 3.8) is 0 Å². The van der Waals surface area contributed by atoms with E-state index in [2.05, 4.69) is 33.9 Å². The Balaban J connectivity index is 2.28. The van der Waals surface area contributed by atoms with Crippen LogP contribution in [0.25, 0.3) is 0 Å². The minimum atomic E-state index is -3.67. The molecule has 0 aromatic heterocycles. The van der Waals surface area contributed by atoms with Crippen molar-refractivity contribution in [1.29, 1.82) is 0 Å². The van der Waals surface area contributed by atoms with E-state index >= 15 is 0 Å². The van der Waals surface area contributed by atoms with Crippen molar-refractivity contribution in [2.75, 3.05) is 0 Å². The highest BCUT2D eigenvalue weighted by Crippen LogP contribution is 2.40. The fraction of sp³-hybridized carbons (Fsp3) is 0.529. The van der Waals surface area contributed by atoms with E-state index in [-0.39, 0.29) is 20.9 Å². The standard InChI is InChI=1S/C17H26O4SSi/c1-17(2,3)23(4,5)21-13-11-15(18)16(12-13)22(19,20)14-9-7-6-8-10-14/h6-10,12-13,15,18H,11H2,1-5H3. The number of aliphatic hydroxyl groups is 1. The van der Waals surface area contributed by atoms with Crippen LogP contribution in [0.5, 0.6) is 0 Å². The van der Waals surface area contributed by atoms with Crippen LogP contribution < -0.4 is 0 Å². The molecule has 0 saturated carbocycles. The molecule has 2 rings (SSSR count). The lowest BCUT2D eigenvalue weighted by Gasteiger charge is -2.38. The van der Waals surface area contributed by atoms with Gasteiger partial charge in [0.25, 0.3) is 0 Å². The minimum Gasteiger partial charge on any atom is -0.410 e. The van der Waals surface area contributed by atoms with Crippen LogP contribution in [0, 0.1) is 0 Å². The molecule has 1 aromatic carbocycles. The number of hydrogen-bond donors (Lipinski definition) is 1. The van der Waals surface area contributed by atoms with Gasteiger partial charge in [-0.3, -0.25) is 0 Å². The van der Waals surface area contributed by atoms with E-state index in [1.54, 1.807) is 36.4 Å². The molecule has 0 amide bonds. The van der Waals surface area contributed by atoms with Crippen molar-refractivity contribution in [3.8, 4) is 0 Å². The van der Waals surface area contributed by atoms with Gasteiger partial charge in [0.1, 0.15) is 0 Å². The monoisotopic (exact) mass is 354 g/mol. The van der Waals surface area contributed by atoms with E-state index < -0.39 is 24.3 Å². The van der Waals surface area contributed by atoms with Crippen LogP contribution >= 0.6 is 0 Å². The van der Waals surface area contributed by atoms with Crippen LogP contribution in [-0.4, -0.2) is 34.0 Å². The quantitative estimate of drug-likeness (QED) is 0.841. The molecule has 2 unspecified atom stereocenters. The van der Waals surface area contributed by atoms with Crippen molar-refractivity contribution in [2.45, 2.75) is 62.4 Å². The highest BCUT2D eigenvalue weighted by molar-refractivity contribution is 7.95. The summed E-state index contributed by atoms with van der Waals surface area (Å²) in [5, 5.41) is 10.3. The summed E-state index contributed by atoms with van der Waals surface area (Å²) in [4.78, 5) is 0.269. The average Bonchev–Trinajstić information content (AvgIpc) is 2.79. The molecule has 128 valence electrons. The average molecular weight is 355 g/mol. The molecule has 4 nitrogen and oxygen atoms in total. The summed E-state index contributed by atoms with van der Waals surface area (Å²) in [6.07, 6.45) is 0.538. The molecule has 23 heavy (non-hydrogen) atoms. The molecular formula is C17H26O4SSi. The van der Waals surface area contributed by atoms with Crippen LogP contribution in [0.15, 0.2) is 46.2 Å². The van der Waals surface area contributed by atoms with Crippen molar-refractivity contribution in [3.05, 3.63) is 41.3 Å². The van der Waals surface area contributed by atoms with Crippen LogP contribution in [0.4, 0.5) is 0 Å². The zero-order chi connectivity index (χ0) is 17.5. The Labute approximate surface area is 140 Å². The van der Waals surface area contributed by atoms with E-state index in [0.29, 0.717) is 6.42 Å². The summed E-state index contributed by atoms with van der Waals surface area (Å²) in [6, 6.07) is 8.22. The van der Waals surface area contributed by atoms with Gasteiger partial charge in [0.05, 0.1) is 22.0 Å². The maximum atomic E-state index is 12.7. The largest absolute Gasteiger partial charge is 0.410 e. The molecule has 1 aliphatic carbocycles. The van der Waals surface area contributed by atoms with Gasteiger partial charge < -0.3 is 9.53 Å². The molecule has 0 radical (unpaired) electrons. The van der Waals surface area contributed by atoms with Gasteiger partial charge in [0.2, 0.25) is 9.84 Å². The van der Waals surface area contributed by atoms with Gasteiger partial charge in [-0.05, 0) is 36.3 Å². The SMILES string of the molecule is CC(C)(C)[Si](C)(C)OC1C=C(S(=O)(=O)c2ccccc2)C(O)C1. The Hall–Kier alpha value is -0.953. The molecule has 1 aromatic rings. The van der Waals surface area contributed by atoms with E-state index in [1.807, 2.05) is 0 Å². The lowest BCUT2D eigenvalue weighted by Crippen LogP contribution is -2.43. The summed E-state index contributed by atoms with van der Waals surface area (Å²) >= 11 is 0. The number of rotatable bonds is 4. The second-order valence-electron chi connectivity index (χ2n) is 7.55. The molecule has 0 fully saturated rings. The molecule has 0 heterocycles. The van der Waals surface area contributed by atoms with Crippen molar-refractivity contribution >= 4 is 18.2 Å². The molecule has 1 aliphatic rings. The molecule has 2 atom stereocenters. The fourth-order valence-corrected chi connectivity index (χ4v) is 5.19. The predicted molar refractivity (Wildman–Crippen MR) is 94.4 cm³/mol. The zero-order valence-electron chi connectivity index (χ0n) is 14.4. The zero-order valence-corrected chi connectivity index (χ0v) is 16.2. The van der Waals surface area contributed by atoms with Crippen LogP contribution in [0.1, 0.15) is 27.2 Å². The number of benzene rings is 1. The first-order chi connectivity index (χ1) is 10.4. The van der Waals surface area contributed by atoms with Gasteiger partial charge in [-0.2, -0.15) is 0 Å². The third-order valence-corrected chi connectivity index (χ3v) is 11.2. The fourth-order valence-electron chi connectivity index (χ4n) is 2.34. The number of sulfone groups is 1. The Morgan fingerprint density at radius 2 is 1.74 bits per heavy atom. The third kappa shape index (κ3) is 3.76. The van der Waals surface area contributed by atoms with Crippen molar-refractivity contribution in [1.82, 2.24) is 0 Å². The van der Waals surface area contributed by atoms with Crippen LogP contribution in [0.2, 0.25) is 18.1 Å². The smallest absolute Gasteiger partial charge is 0.205 e. The summed E-state index contributed by atoms with van der Waals surface area (Å²) in [5.74, 6) is 0. The first-order valence-corrected chi connectivity index (χ1v) is 12.2. The van der Waals surface area contributed by atoms with Gasteiger partial charge in [-0.15, -0.1) is 0 Å². The Kier molecular flexibility index (Phi) is 4.93. The lowest BCUT2D eigenvalue weighted by atomic mass is 10.2. The van der Waals surface area contributed by atoms with E-state index in [4.69, 9.17) is 4.43 Å². The van der Waals surface area contributed by atoms with Gasteiger partial charge in [-0.25, -0.2) is 8.42 Å². The maximum Gasteiger partial charge on any atom is 0.205 e. The summed E-state index contributed by atoms with van der Waals surface area (Å²) < 4.78 is 31.6. The topological polar surface area (TPSA) is 63.6 Å². The van der Waals surface area contributed by atoms with Crippen molar-refractivity contribution in [2.24, 2.45) is 0 Å². The first kappa shape index (κ1) is 18.4. The Bertz CT molecular complexity index is 687. The number of aliphatic hydroxyl groups excluding tert-OH is 1. The minimum absolute atomic E-state index is 0.0346. The number of hydrogen-bond acceptors (Lipinski definition) is 4. The summed E-state index contributed by atoms with van der Waals surface area (Å²) in [7, 11) is -5.68. The molecule has 0 saturated heterocycles. The molecule has 0 aliphatic heterocycles. The predicted octanol–water partition coefficient (Wildman–Crippen LogP) is 3.50. The third-order valence-electron chi connectivity index (χ3n) is 4.75. The van der Waals surface area contributed by atoms with Gasteiger partial charge in [0, 0.05) is 6.42 Å². The summed E-state index contributed by atoms with van der Waals surface area (Å²) in [6.45, 7) is 10.6. The van der Waals surface area contributed by atoms with E-state index in [0.717, 1.165) is 0 Å². The highest BCUT2D eigenvalue weighted by Gasteiger charge is 2.42. The molecule has 0 spiro atoms. The second-order valence-corrected chi connectivity index (χ2v) is 14.3. The Morgan fingerprint density at radius 3 is 2.26 bits per heavy atom. The van der Waals surface area contributed by atoms with Crippen LogP contribution in [0.3, 0.4) is 0 Å².